The molecule has 1 aromatic rings. The molecule has 1 aromatic heterocycles. The Hall–Kier alpha value is -0.940. The Balaban J connectivity index is 2.93. The van der Waals surface area contributed by atoms with E-state index in [4.69, 9.17) is 4.74 Å². The number of nitrogens with zero attached hydrogens (tertiary/aromatic N) is 1. The number of carbonyl (C=O) groups is 1. The minimum absolute atomic E-state index is 0.326. The Morgan fingerprint density at radius 3 is 2.82 bits per heavy atom. The molecule has 1 N–H and O–H groups in total. The molecule has 2 unspecified atom stereocenters. The Labute approximate surface area is 106 Å². The largest absolute Gasteiger partial charge is 0.466 e. The van der Waals surface area contributed by atoms with E-state index in [9.17, 15) is 9.90 Å². The van der Waals surface area contributed by atoms with E-state index in [0.717, 1.165) is 6.42 Å². The first kappa shape index (κ1) is 14.1. The second-order valence-corrected chi connectivity index (χ2v) is 4.97. The van der Waals surface area contributed by atoms with Crippen molar-refractivity contribution in [2.45, 2.75) is 39.2 Å². The lowest BCUT2D eigenvalue weighted by molar-refractivity contribution is -0.158. The molecule has 0 aliphatic rings. The van der Waals surface area contributed by atoms with Crippen LogP contribution in [0.4, 0.5) is 0 Å². The number of hydrogen-bond donors (Lipinski definition) is 1. The molecule has 0 amide bonds. The topological polar surface area (TPSA) is 59.4 Å². The molecule has 5 heteroatoms. The fourth-order valence-corrected chi connectivity index (χ4v) is 2.54. The molecule has 0 radical (unpaired) electrons. The first-order valence-electron chi connectivity index (χ1n) is 5.83. The van der Waals surface area contributed by atoms with Crippen LogP contribution in [-0.2, 0) is 15.1 Å². The predicted octanol–water partition coefficient (Wildman–Crippen LogP) is 2.33. The van der Waals surface area contributed by atoms with Gasteiger partial charge in [-0.1, -0.05) is 13.3 Å². The molecule has 0 aliphatic carbocycles. The van der Waals surface area contributed by atoms with E-state index in [1.54, 1.807) is 25.4 Å². The zero-order valence-corrected chi connectivity index (χ0v) is 11.3. The Kier molecular flexibility index (Phi) is 5.08. The average molecular weight is 257 g/mol. The van der Waals surface area contributed by atoms with Gasteiger partial charge in [-0.05, 0) is 20.3 Å². The molecule has 0 aliphatic heterocycles. The van der Waals surface area contributed by atoms with Crippen LogP contribution in [-0.4, -0.2) is 22.7 Å². The fraction of sp³-hybridized carbons (Fsp3) is 0.667. The number of rotatable bonds is 6. The van der Waals surface area contributed by atoms with E-state index in [1.807, 2.05) is 6.92 Å². The molecule has 4 nitrogen and oxygen atoms in total. The van der Waals surface area contributed by atoms with Gasteiger partial charge in [0.15, 0.2) is 0 Å². The molecule has 0 saturated carbocycles. The number of ether oxygens (including phenoxy) is 1. The van der Waals surface area contributed by atoms with Crippen molar-refractivity contribution in [2.75, 3.05) is 6.61 Å². The second kappa shape index (κ2) is 6.12. The zero-order chi connectivity index (χ0) is 12.9. The Bertz CT molecular complexity index is 349. The van der Waals surface area contributed by atoms with Crippen LogP contribution in [0, 0.1) is 5.92 Å². The summed E-state index contributed by atoms with van der Waals surface area (Å²) >= 11 is 1.35. The van der Waals surface area contributed by atoms with Gasteiger partial charge in [0.1, 0.15) is 10.6 Å². The predicted molar refractivity (Wildman–Crippen MR) is 66.7 cm³/mol. The van der Waals surface area contributed by atoms with Gasteiger partial charge in [-0.2, -0.15) is 0 Å². The number of aliphatic hydroxyl groups is 1. The highest BCUT2D eigenvalue weighted by Crippen LogP contribution is 2.34. The monoisotopic (exact) mass is 257 g/mol. The molecule has 0 aromatic carbocycles. The summed E-state index contributed by atoms with van der Waals surface area (Å²) in [6, 6.07) is 0. The summed E-state index contributed by atoms with van der Waals surface area (Å²) < 4.78 is 5.02. The lowest BCUT2D eigenvalue weighted by Gasteiger charge is -2.29. The lowest BCUT2D eigenvalue weighted by Crippen LogP contribution is -2.38. The molecule has 2 atom stereocenters. The number of esters is 1. The van der Waals surface area contributed by atoms with E-state index >= 15 is 0 Å². The second-order valence-electron chi connectivity index (χ2n) is 4.08. The third-order valence-corrected chi connectivity index (χ3v) is 3.69. The van der Waals surface area contributed by atoms with Crippen LogP contribution in [0.2, 0.25) is 0 Å². The van der Waals surface area contributed by atoms with Crippen LogP contribution >= 0.6 is 11.3 Å². The molecule has 0 bridgehead atoms. The van der Waals surface area contributed by atoms with Crippen molar-refractivity contribution in [2.24, 2.45) is 5.92 Å². The van der Waals surface area contributed by atoms with Gasteiger partial charge in [0, 0.05) is 11.6 Å². The highest BCUT2D eigenvalue weighted by molar-refractivity contribution is 7.09. The Morgan fingerprint density at radius 1 is 1.65 bits per heavy atom. The first-order valence-corrected chi connectivity index (χ1v) is 6.70. The number of aromatic nitrogens is 1. The SMILES string of the molecule is CCCC(C(=O)OCC)C(C)(O)c1nccs1. The van der Waals surface area contributed by atoms with Crippen LogP contribution in [0.3, 0.4) is 0 Å². The maximum absolute atomic E-state index is 11.9. The average Bonchev–Trinajstić information content (AvgIpc) is 2.79. The molecule has 1 rings (SSSR count). The summed E-state index contributed by atoms with van der Waals surface area (Å²) in [7, 11) is 0. The van der Waals surface area contributed by atoms with Gasteiger partial charge in [-0.3, -0.25) is 4.79 Å². The van der Waals surface area contributed by atoms with Crippen molar-refractivity contribution >= 4 is 17.3 Å². The quantitative estimate of drug-likeness (QED) is 0.795. The molecular weight excluding hydrogens is 238 g/mol. The van der Waals surface area contributed by atoms with E-state index in [-0.39, 0.29) is 5.97 Å². The standard InChI is InChI=1S/C12H19NO3S/c1-4-6-9(10(14)16-5-2)12(3,15)11-13-7-8-17-11/h7-9,15H,4-6H2,1-3H3. The lowest BCUT2D eigenvalue weighted by atomic mass is 9.86. The van der Waals surface area contributed by atoms with Crippen molar-refractivity contribution in [3.8, 4) is 0 Å². The number of hydrogen-bond acceptors (Lipinski definition) is 5. The molecule has 1 heterocycles. The van der Waals surface area contributed by atoms with Crippen molar-refractivity contribution in [3.05, 3.63) is 16.6 Å². The zero-order valence-electron chi connectivity index (χ0n) is 10.5. The van der Waals surface area contributed by atoms with E-state index in [0.29, 0.717) is 18.0 Å². The normalized spacial score (nSPS) is 16.2. The highest BCUT2D eigenvalue weighted by atomic mass is 32.1. The maximum atomic E-state index is 11.9. The molecule has 17 heavy (non-hydrogen) atoms. The summed E-state index contributed by atoms with van der Waals surface area (Å²) in [5, 5.41) is 12.9. The smallest absolute Gasteiger partial charge is 0.312 e. The van der Waals surface area contributed by atoms with Crippen LogP contribution in [0.1, 0.15) is 38.6 Å². The van der Waals surface area contributed by atoms with Crippen molar-refractivity contribution in [1.82, 2.24) is 4.98 Å². The fourth-order valence-electron chi connectivity index (χ4n) is 1.78. The minimum Gasteiger partial charge on any atom is -0.466 e. The highest BCUT2D eigenvalue weighted by Gasteiger charge is 2.41. The molecular formula is C12H19NO3S. The van der Waals surface area contributed by atoms with Crippen LogP contribution < -0.4 is 0 Å². The molecule has 0 saturated heterocycles. The summed E-state index contributed by atoms with van der Waals surface area (Å²) in [6.45, 7) is 5.69. The van der Waals surface area contributed by atoms with Crippen LogP contribution in [0.5, 0.6) is 0 Å². The summed E-state index contributed by atoms with van der Waals surface area (Å²) in [4.78, 5) is 16.0. The van der Waals surface area contributed by atoms with E-state index in [1.165, 1.54) is 11.3 Å². The van der Waals surface area contributed by atoms with Crippen LogP contribution in [0.15, 0.2) is 11.6 Å². The van der Waals surface area contributed by atoms with Crippen molar-refractivity contribution in [3.63, 3.8) is 0 Å². The summed E-state index contributed by atoms with van der Waals surface area (Å²) in [5.41, 5.74) is -1.25. The van der Waals surface area contributed by atoms with E-state index < -0.39 is 11.5 Å². The van der Waals surface area contributed by atoms with Crippen LogP contribution in [0.25, 0.3) is 0 Å². The molecule has 0 spiro atoms. The van der Waals surface area contributed by atoms with Gasteiger partial charge in [0.2, 0.25) is 0 Å². The van der Waals surface area contributed by atoms with Gasteiger partial charge in [0.25, 0.3) is 0 Å². The molecule has 0 fully saturated rings. The van der Waals surface area contributed by atoms with Crippen molar-refractivity contribution < 1.29 is 14.6 Å². The van der Waals surface area contributed by atoms with Gasteiger partial charge < -0.3 is 9.84 Å². The van der Waals surface area contributed by atoms with Gasteiger partial charge >= 0.3 is 5.97 Å². The minimum atomic E-state index is -1.25. The maximum Gasteiger partial charge on any atom is 0.312 e. The number of carbonyl (C=O) groups excluding carboxylic acids is 1. The van der Waals surface area contributed by atoms with Gasteiger partial charge in [-0.15, -0.1) is 11.3 Å². The third-order valence-electron chi connectivity index (χ3n) is 2.69. The summed E-state index contributed by atoms with van der Waals surface area (Å²) in [5.74, 6) is -0.909. The van der Waals surface area contributed by atoms with Crippen molar-refractivity contribution in [1.29, 1.82) is 0 Å². The molecule has 96 valence electrons. The third kappa shape index (κ3) is 3.26. The number of thiazole rings is 1. The summed E-state index contributed by atoms with van der Waals surface area (Å²) in [6.07, 6.45) is 3.03. The van der Waals surface area contributed by atoms with Gasteiger partial charge in [-0.25, -0.2) is 4.98 Å². The first-order chi connectivity index (χ1) is 8.04. The Morgan fingerprint density at radius 2 is 2.35 bits per heavy atom. The van der Waals surface area contributed by atoms with E-state index in [2.05, 4.69) is 4.98 Å². The van der Waals surface area contributed by atoms with Gasteiger partial charge in [0.05, 0.1) is 12.5 Å².